The van der Waals surface area contributed by atoms with E-state index in [4.69, 9.17) is 0 Å². The summed E-state index contributed by atoms with van der Waals surface area (Å²) in [5.41, 5.74) is 0. The quantitative estimate of drug-likeness (QED) is 0.441. The van der Waals surface area contributed by atoms with Gasteiger partial charge in [-0.15, -0.1) is 0 Å². The van der Waals surface area contributed by atoms with E-state index < -0.39 is 0 Å². The van der Waals surface area contributed by atoms with Gasteiger partial charge in [-0.25, -0.2) is 0 Å². The van der Waals surface area contributed by atoms with Gasteiger partial charge in [-0.3, -0.25) is 0 Å². The van der Waals surface area contributed by atoms with Gasteiger partial charge in [0.05, 0.1) is 12.2 Å². The van der Waals surface area contributed by atoms with Gasteiger partial charge in [-0.1, -0.05) is 12.2 Å². The Kier molecular flexibility index (Phi) is 15.7. The van der Waals surface area contributed by atoms with Gasteiger partial charge in [0.2, 0.25) is 0 Å². The van der Waals surface area contributed by atoms with Crippen LogP contribution in [0.2, 0.25) is 0 Å². The number of rotatable bonds is 4. The van der Waals surface area contributed by atoms with Crippen LogP contribution in [0.1, 0.15) is 26.2 Å². The number of aliphatic hydroxyl groups excluding tert-OH is 2. The van der Waals surface area contributed by atoms with Crippen LogP contribution in [0.15, 0.2) is 12.2 Å². The molecule has 1 saturated heterocycles. The fourth-order valence-electron chi connectivity index (χ4n) is 2.17. The monoisotopic (exact) mass is 667 g/mol. The van der Waals surface area contributed by atoms with Gasteiger partial charge in [0.25, 0.3) is 0 Å². The van der Waals surface area contributed by atoms with E-state index in [1.165, 1.54) is 0 Å². The zero-order chi connectivity index (χ0) is 11.3. The van der Waals surface area contributed by atoms with Crippen molar-refractivity contribution >= 4 is 0 Å². The average Bonchev–Trinajstić information content (AvgIpc) is 2.22. The van der Waals surface area contributed by atoms with Crippen molar-refractivity contribution in [3.63, 3.8) is 0 Å². The van der Waals surface area contributed by atoms with Crippen molar-refractivity contribution in [3.8, 4) is 0 Å². The van der Waals surface area contributed by atoms with E-state index >= 15 is 0 Å². The Morgan fingerprint density at radius 1 is 1.41 bits per heavy atom. The van der Waals surface area contributed by atoms with E-state index in [1.54, 1.807) is 0 Å². The van der Waals surface area contributed by atoms with Crippen LogP contribution in [0.5, 0.6) is 0 Å². The molecule has 1 aliphatic heterocycles. The molecule has 3 nitrogen and oxygen atoms in total. The summed E-state index contributed by atoms with van der Waals surface area (Å²) in [5.74, 6) is 0.0222. The smallest absolute Gasteiger partial charge is 0.0617 e. The minimum Gasteiger partial charge on any atom is -0.393 e. The third-order valence-corrected chi connectivity index (χ3v) is 3.18. The van der Waals surface area contributed by atoms with E-state index in [2.05, 4.69) is 11.0 Å². The second-order valence-electron chi connectivity index (χ2n) is 4.50. The fraction of sp³-hybridized carbons (Fsp3) is 0.833. The summed E-state index contributed by atoms with van der Waals surface area (Å²) >= 11 is 0. The normalized spacial score (nSPS) is 27.3. The van der Waals surface area contributed by atoms with Crippen molar-refractivity contribution in [1.29, 1.82) is 0 Å². The van der Waals surface area contributed by atoms with Gasteiger partial charge in [0.1, 0.15) is 0 Å². The summed E-state index contributed by atoms with van der Waals surface area (Å²) in [6.45, 7) is 3.72. The number of piperidine rings is 1. The molecule has 0 aromatic carbocycles. The fourth-order valence-corrected chi connectivity index (χ4v) is 2.17. The van der Waals surface area contributed by atoms with Gasteiger partial charge in [0.15, 0.2) is 0 Å². The Morgan fingerprint density at radius 3 is 2.65 bits per heavy atom. The SMILES string of the molecule is C/C=C/CCC(O)C1CN(C)CCC1O.[Ac].[Ac]. The Labute approximate surface area is 177 Å². The minimum absolute atomic E-state index is 0. The largest absolute Gasteiger partial charge is 0.393 e. The van der Waals surface area contributed by atoms with Crippen molar-refractivity contribution in [1.82, 2.24) is 4.90 Å². The number of aliphatic hydroxyl groups is 2. The van der Waals surface area contributed by atoms with Gasteiger partial charge in [-0.05, 0) is 33.2 Å². The van der Waals surface area contributed by atoms with E-state index in [-0.39, 0.29) is 106 Å². The molecule has 0 spiro atoms. The van der Waals surface area contributed by atoms with Gasteiger partial charge in [0, 0.05) is 107 Å². The second-order valence-corrected chi connectivity index (χ2v) is 4.50. The van der Waals surface area contributed by atoms with Crippen molar-refractivity contribution in [3.05, 3.63) is 12.2 Å². The van der Waals surface area contributed by atoms with Crippen LogP contribution >= 0.6 is 0 Å². The van der Waals surface area contributed by atoms with E-state index in [0.717, 1.165) is 32.4 Å². The number of nitrogens with zero attached hydrogens (tertiary/aromatic N) is 1. The van der Waals surface area contributed by atoms with Gasteiger partial charge < -0.3 is 15.1 Å². The summed E-state index contributed by atoms with van der Waals surface area (Å²) < 4.78 is 0. The van der Waals surface area contributed by atoms with E-state index in [9.17, 15) is 10.2 Å². The molecule has 0 amide bonds. The standard InChI is InChI=1S/C12H23NO2.2Ac/c1-3-4-5-6-11(14)10-9-13(2)8-7-12(10)15;;/h3-4,10-12,14-15H,5-9H2,1-2H3;;/b4-3+;;. The summed E-state index contributed by atoms with van der Waals surface area (Å²) in [6.07, 6.45) is 5.77. The predicted octanol–water partition coefficient (Wildman–Crippen LogP) is 1.02. The minimum atomic E-state index is -0.376. The molecule has 94 valence electrons. The number of hydrogen-bond donors (Lipinski definition) is 2. The first-order valence-corrected chi connectivity index (χ1v) is 5.81. The number of likely N-dealkylation sites (tertiary alicyclic amines) is 1. The molecule has 0 saturated carbocycles. The molecule has 1 fully saturated rings. The first-order chi connectivity index (χ1) is 7.15. The molecule has 2 N–H and O–H groups in total. The van der Waals surface area contributed by atoms with Gasteiger partial charge in [-0.2, -0.15) is 0 Å². The molecule has 17 heavy (non-hydrogen) atoms. The van der Waals surface area contributed by atoms with Gasteiger partial charge >= 0.3 is 0 Å². The molecule has 3 unspecified atom stereocenters. The Hall–Kier alpha value is 2.50. The Bertz CT molecular complexity index is 215. The van der Waals surface area contributed by atoms with Crippen LogP contribution in [0.4, 0.5) is 0 Å². The molecular formula is C12H23Ac2NO2. The van der Waals surface area contributed by atoms with Crippen LogP contribution in [-0.4, -0.2) is 47.5 Å². The molecule has 2 radical (unpaired) electrons. The third-order valence-electron chi connectivity index (χ3n) is 3.18. The summed E-state index contributed by atoms with van der Waals surface area (Å²) in [6, 6.07) is 0. The molecule has 5 heteroatoms. The molecular weight excluding hydrogens is 644 g/mol. The second kappa shape index (κ2) is 12.3. The molecule has 0 aromatic rings. The third kappa shape index (κ3) is 8.39. The Balaban J connectivity index is 0. The van der Waals surface area contributed by atoms with E-state index in [1.807, 2.05) is 20.0 Å². The first kappa shape index (κ1) is 21.8. The summed E-state index contributed by atoms with van der Waals surface area (Å²) in [7, 11) is 2.04. The molecule has 1 rings (SSSR count). The molecule has 0 aliphatic carbocycles. The zero-order valence-electron chi connectivity index (χ0n) is 10.9. The maximum Gasteiger partial charge on any atom is 0.0617 e. The van der Waals surface area contributed by atoms with Crippen LogP contribution in [0.25, 0.3) is 0 Å². The number of allylic oxidation sites excluding steroid dienone is 2. The first-order valence-electron chi connectivity index (χ1n) is 5.81. The number of hydrogen-bond acceptors (Lipinski definition) is 3. The molecule has 3 atom stereocenters. The molecule has 1 heterocycles. The molecule has 1 aliphatic rings. The molecule has 0 aromatic heterocycles. The summed E-state index contributed by atoms with van der Waals surface area (Å²) in [5, 5.41) is 19.8. The zero-order valence-corrected chi connectivity index (χ0v) is 20.4. The topological polar surface area (TPSA) is 43.7 Å². The van der Waals surface area contributed by atoms with Crippen LogP contribution in [-0.2, 0) is 0 Å². The van der Waals surface area contributed by atoms with Crippen LogP contribution < -0.4 is 0 Å². The van der Waals surface area contributed by atoms with Crippen molar-refractivity contribution < 1.29 is 98.3 Å². The van der Waals surface area contributed by atoms with Crippen molar-refractivity contribution in [2.24, 2.45) is 5.92 Å². The predicted molar refractivity (Wildman–Crippen MR) is 61.7 cm³/mol. The van der Waals surface area contributed by atoms with Crippen molar-refractivity contribution in [2.45, 2.75) is 38.4 Å². The average molecular weight is 667 g/mol. The molecule has 0 bridgehead atoms. The maximum absolute atomic E-state index is 9.97. The van der Waals surface area contributed by atoms with Crippen LogP contribution in [0, 0.1) is 94.0 Å². The summed E-state index contributed by atoms with van der Waals surface area (Å²) in [4.78, 5) is 2.18. The van der Waals surface area contributed by atoms with Crippen molar-refractivity contribution in [2.75, 3.05) is 20.1 Å². The Morgan fingerprint density at radius 2 is 2.06 bits per heavy atom. The maximum atomic E-state index is 9.97. The van der Waals surface area contributed by atoms with Crippen LogP contribution in [0.3, 0.4) is 0 Å². The van der Waals surface area contributed by atoms with E-state index in [0.29, 0.717) is 0 Å².